The highest BCUT2D eigenvalue weighted by Gasteiger charge is 2.07. The Balaban J connectivity index is 2.08. The topological polar surface area (TPSA) is 67.2 Å². The predicted molar refractivity (Wildman–Crippen MR) is 80.7 cm³/mol. The Morgan fingerprint density at radius 2 is 2.00 bits per heavy atom. The Kier molecular flexibility index (Phi) is 4.06. The fourth-order valence-electron chi connectivity index (χ4n) is 1.84. The van der Waals surface area contributed by atoms with Crippen LogP contribution >= 0.6 is 11.3 Å². The van der Waals surface area contributed by atoms with E-state index in [4.69, 9.17) is 5.73 Å². The van der Waals surface area contributed by atoms with Crippen molar-refractivity contribution in [1.29, 1.82) is 0 Å². The number of hydrogen-bond acceptors (Lipinski definition) is 3. The quantitative estimate of drug-likeness (QED) is 0.796. The van der Waals surface area contributed by atoms with E-state index in [0.717, 1.165) is 5.69 Å². The monoisotopic (exact) mass is 275 g/mol. The van der Waals surface area contributed by atoms with E-state index in [2.05, 4.69) is 36.6 Å². The van der Waals surface area contributed by atoms with Gasteiger partial charge in [-0.25, -0.2) is 4.79 Å². The Bertz CT molecular complexity index is 580. The van der Waals surface area contributed by atoms with Gasteiger partial charge in [-0.3, -0.25) is 0 Å². The van der Waals surface area contributed by atoms with Crippen molar-refractivity contribution < 1.29 is 4.79 Å². The third-order valence-electron chi connectivity index (χ3n) is 2.70. The van der Waals surface area contributed by atoms with E-state index in [1.165, 1.54) is 9.75 Å². The van der Waals surface area contributed by atoms with Crippen LogP contribution in [0.4, 0.5) is 16.2 Å². The maximum absolute atomic E-state index is 10.8. The molecule has 2 amide bonds. The van der Waals surface area contributed by atoms with E-state index < -0.39 is 6.03 Å². The number of nitrogens with one attached hydrogen (secondary N) is 2. The minimum absolute atomic E-state index is 0.225. The summed E-state index contributed by atoms with van der Waals surface area (Å²) in [6.07, 6.45) is 0. The van der Waals surface area contributed by atoms with Crippen LogP contribution in [0.2, 0.25) is 0 Å². The van der Waals surface area contributed by atoms with Crippen LogP contribution in [-0.2, 0) is 0 Å². The van der Waals surface area contributed by atoms with Crippen molar-refractivity contribution in [2.45, 2.75) is 19.9 Å². The molecule has 19 heavy (non-hydrogen) atoms. The summed E-state index contributed by atoms with van der Waals surface area (Å²) < 4.78 is 0. The molecule has 1 heterocycles. The fraction of sp³-hybridized carbons (Fsp3) is 0.214. The van der Waals surface area contributed by atoms with Crippen molar-refractivity contribution in [2.75, 3.05) is 10.6 Å². The second-order valence-electron chi connectivity index (χ2n) is 4.38. The van der Waals surface area contributed by atoms with Crippen molar-refractivity contribution in [1.82, 2.24) is 0 Å². The molecule has 1 unspecified atom stereocenters. The second kappa shape index (κ2) is 5.75. The van der Waals surface area contributed by atoms with E-state index in [1.807, 2.05) is 18.2 Å². The molecular formula is C14H17N3OS. The summed E-state index contributed by atoms with van der Waals surface area (Å²) in [5, 5.41) is 5.97. The molecule has 4 N–H and O–H groups in total. The van der Waals surface area contributed by atoms with E-state index in [0.29, 0.717) is 5.69 Å². The smallest absolute Gasteiger partial charge is 0.316 e. The first-order chi connectivity index (χ1) is 9.04. The molecule has 0 aliphatic rings. The summed E-state index contributed by atoms with van der Waals surface area (Å²) >= 11 is 1.78. The van der Waals surface area contributed by atoms with Crippen LogP contribution in [0, 0.1) is 6.92 Å². The summed E-state index contributed by atoms with van der Waals surface area (Å²) in [4.78, 5) is 13.4. The Labute approximate surface area is 116 Å². The summed E-state index contributed by atoms with van der Waals surface area (Å²) in [5.41, 5.74) is 6.74. The van der Waals surface area contributed by atoms with E-state index in [1.54, 1.807) is 17.4 Å². The van der Waals surface area contributed by atoms with Crippen LogP contribution in [0.1, 0.15) is 22.7 Å². The van der Waals surface area contributed by atoms with Gasteiger partial charge in [0.2, 0.25) is 0 Å². The number of carbonyl (C=O) groups is 1. The lowest BCUT2D eigenvalue weighted by Crippen LogP contribution is -2.19. The highest BCUT2D eigenvalue weighted by Crippen LogP contribution is 2.26. The third kappa shape index (κ3) is 3.72. The van der Waals surface area contributed by atoms with Gasteiger partial charge in [0.1, 0.15) is 0 Å². The van der Waals surface area contributed by atoms with Crippen LogP contribution in [0.5, 0.6) is 0 Å². The molecule has 1 aromatic heterocycles. The zero-order valence-corrected chi connectivity index (χ0v) is 11.8. The van der Waals surface area contributed by atoms with Gasteiger partial charge in [-0.05, 0) is 44.2 Å². The van der Waals surface area contributed by atoms with Gasteiger partial charge in [-0.15, -0.1) is 11.3 Å². The average molecular weight is 275 g/mol. The molecule has 0 aliphatic carbocycles. The standard InChI is InChI=1S/C14H17N3OS/c1-9-6-7-13(19-9)10(2)16-11-4-3-5-12(8-11)17-14(15)18/h3-8,10,16H,1-2H3,(H3,15,17,18). The average Bonchev–Trinajstić information content (AvgIpc) is 2.75. The highest BCUT2D eigenvalue weighted by molar-refractivity contribution is 7.12. The number of hydrogen-bond donors (Lipinski definition) is 3. The minimum atomic E-state index is -0.556. The number of aryl methyl sites for hydroxylation is 1. The van der Waals surface area contributed by atoms with Crippen LogP contribution in [0.15, 0.2) is 36.4 Å². The van der Waals surface area contributed by atoms with Gasteiger partial charge in [0.15, 0.2) is 0 Å². The van der Waals surface area contributed by atoms with Gasteiger partial charge >= 0.3 is 6.03 Å². The number of urea groups is 1. The highest BCUT2D eigenvalue weighted by atomic mass is 32.1. The third-order valence-corrected chi connectivity index (χ3v) is 3.88. The van der Waals surface area contributed by atoms with E-state index >= 15 is 0 Å². The van der Waals surface area contributed by atoms with Gasteiger partial charge in [-0.1, -0.05) is 6.07 Å². The lowest BCUT2D eigenvalue weighted by molar-refractivity contribution is 0.259. The zero-order chi connectivity index (χ0) is 13.8. The first-order valence-electron chi connectivity index (χ1n) is 6.04. The number of nitrogens with two attached hydrogens (primary N) is 1. The number of thiophene rings is 1. The van der Waals surface area contributed by atoms with E-state index in [9.17, 15) is 4.79 Å². The molecule has 1 atom stereocenters. The lowest BCUT2D eigenvalue weighted by atomic mass is 10.2. The molecule has 0 saturated heterocycles. The first kappa shape index (κ1) is 13.4. The minimum Gasteiger partial charge on any atom is -0.378 e. The van der Waals surface area contributed by atoms with Crippen molar-refractivity contribution in [3.8, 4) is 0 Å². The number of carbonyl (C=O) groups excluding carboxylic acids is 1. The summed E-state index contributed by atoms with van der Waals surface area (Å²) in [6, 6.07) is 11.4. The summed E-state index contributed by atoms with van der Waals surface area (Å²) in [7, 11) is 0. The van der Waals surface area contributed by atoms with Crippen molar-refractivity contribution >= 4 is 28.7 Å². The molecule has 2 rings (SSSR count). The number of rotatable bonds is 4. The molecule has 2 aromatic rings. The van der Waals surface area contributed by atoms with Gasteiger partial charge in [0, 0.05) is 21.1 Å². The zero-order valence-electron chi connectivity index (χ0n) is 10.9. The van der Waals surface area contributed by atoms with E-state index in [-0.39, 0.29) is 6.04 Å². The Morgan fingerprint density at radius 3 is 2.63 bits per heavy atom. The molecular weight excluding hydrogens is 258 g/mol. The summed E-state index contributed by atoms with van der Waals surface area (Å²) in [5.74, 6) is 0. The normalized spacial score (nSPS) is 11.9. The Morgan fingerprint density at radius 1 is 1.26 bits per heavy atom. The van der Waals surface area contributed by atoms with Gasteiger partial charge in [-0.2, -0.15) is 0 Å². The van der Waals surface area contributed by atoms with Crippen LogP contribution < -0.4 is 16.4 Å². The van der Waals surface area contributed by atoms with Crippen molar-refractivity contribution in [3.63, 3.8) is 0 Å². The molecule has 0 radical (unpaired) electrons. The Hall–Kier alpha value is -2.01. The number of benzene rings is 1. The van der Waals surface area contributed by atoms with Crippen LogP contribution in [0.3, 0.4) is 0 Å². The molecule has 4 nitrogen and oxygen atoms in total. The molecule has 0 bridgehead atoms. The first-order valence-corrected chi connectivity index (χ1v) is 6.85. The van der Waals surface area contributed by atoms with Gasteiger partial charge < -0.3 is 16.4 Å². The molecule has 100 valence electrons. The SMILES string of the molecule is Cc1ccc(C(C)Nc2cccc(NC(N)=O)c2)s1. The molecule has 0 saturated carbocycles. The predicted octanol–water partition coefficient (Wildman–Crippen LogP) is 3.72. The van der Waals surface area contributed by atoms with Crippen molar-refractivity contribution in [3.05, 3.63) is 46.2 Å². The summed E-state index contributed by atoms with van der Waals surface area (Å²) in [6.45, 7) is 4.21. The lowest BCUT2D eigenvalue weighted by Gasteiger charge is -2.14. The number of amides is 2. The van der Waals surface area contributed by atoms with Crippen LogP contribution in [-0.4, -0.2) is 6.03 Å². The van der Waals surface area contributed by atoms with Gasteiger partial charge in [0.25, 0.3) is 0 Å². The number of anilines is 2. The maximum atomic E-state index is 10.8. The maximum Gasteiger partial charge on any atom is 0.316 e. The fourth-order valence-corrected chi connectivity index (χ4v) is 2.72. The molecule has 0 spiro atoms. The van der Waals surface area contributed by atoms with Crippen molar-refractivity contribution in [2.24, 2.45) is 5.73 Å². The number of primary amides is 1. The molecule has 0 aliphatic heterocycles. The van der Waals surface area contributed by atoms with Crippen LogP contribution in [0.25, 0.3) is 0 Å². The van der Waals surface area contributed by atoms with Gasteiger partial charge in [0.05, 0.1) is 6.04 Å². The molecule has 0 fully saturated rings. The molecule has 1 aromatic carbocycles. The largest absolute Gasteiger partial charge is 0.378 e. The second-order valence-corrected chi connectivity index (χ2v) is 5.70. The molecule has 5 heteroatoms.